The number of likely N-dealkylation sites (N-methyl/N-ethyl adjacent to an activating group) is 2. The molecule has 0 fully saturated rings. The molecule has 0 radical (unpaired) electrons. The fourth-order valence-electron chi connectivity index (χ4n) is 1.95. The second-order valence-electron chi connectivity index (χ2n) is 5.06. The van der Waals surface area contributed by atoms with Gasteiger partial charge < -0.3 is 32.1 Å². The van der Waals surface area contributed by atoms with Crippen LogP contribution in [0.25, 0.3) is 0 Å². The maximum atomic E-state index is 12.0. The van der Waals surface area contributed by atoms with Crippen molar-refractivity contribution in [3.8, 4) is 0 Å². The molecule has 134 valence electrons. The Morgan fingerprint density at radius 2 is 1.65 bits per heavy atom. The third-order valence-electron chi connectivity index (χ3n) is 3.27. The molecule has 9 heteroatoms. The van der Waals surface area contributed by atoms with Crippen molar-refractivity contribution < 1.29 is 19.5 Å². The molecule has 7 N–H and O–H groups in total. The summed E-state index contributed by atoms with van der Waals surface area (Å²) in [4.78, 5) is 34.2. The van der Waals surface area contributed by atoms with E-state index in [1.165, 1.54) is 0 Å². The Bertz CT molecular complexity index is 374. The second kappa shape index (κ2) is 12.8. The molecule has 0 saturated carbocycles. The Morgan fingerprint density at radius 1 is 1.09 bits per heavy atom. The number of carbonyl (C=O) groups is 3. The normalized spacial score (nSPS) is 13.2. The summed E-state index contributed by atoms with van der Waals surface area (Å²) in [5, 5.41) is 19.9. The van der Waals surface area contributed by atoms with Crippen LogP contribution >= 0.6 is 0 Å². The smallest absolute Gasteiger partial charge is 0.303 e. The van der Waals surface area contributed by atoms with Crippen molar-refractivity contribution >= 4 is 17.8 Å². The van der Waals surface area contributed by atoms with Gasteiger partial charge in [-0.05, 0) is 26.4 Å². The van der Waals surface area contributed by atoms with E-state index in [4.69, 9.17) is 10.8 Å². The van der Waals surface area contributed by atoms with Crippen LogP contribution in [0.5, 0.6) is 0 Å². The van der Waals surface area contributed by atoms with Crippen molar-refractivity contribution in [1.82, 2.24) is 21.3 Å². The highest BCUT2D eigenvalue weighted by Crippen LogP contribution is 1.98. The van der Waals surface area contributed by atoms with E-state index in [1.54, 1.807) is 7.05 Å². The Balaban J connectivity index is 3.98. The van der Waals surface area contributed by atoms with E-state index in [0.29, 0.717) is 26.1 Å². The number of rotatable bonds is 13. The lowest BCUT2D eigenvalue weighted by Gasteiger charge is -2.17. The molecule has 0 rings (SSSR count). The van der Waals surface area contributed by atoms with Crippen LogP contribution in [0, 0.1) is 0 Å². The largest absolute Gasteiger partial charge is 0.481 e. The third kappa shape index (κ3) is 9.82. The number of carboxylic acid groups (broad SMARTS) is 1. The molecule has 0 spiro atoms. The Kier molecular flexibility index (Phi) is 11.8. The zero-order chi connectivity index (χ0) is 17.7. The first-order chi connectivity index (χ1) is 11.0. The van der Waals surface area contributed by atoms with E-state index >= 15 is 0 Å². The first kappa shape index (κ1) is 21.3. The van der Waals surface area contributed by atoms with Gasteiger partial charge in [0.15, 0.2) is 0 Å². The number of hydrogen-bond acceptors (Lipinski definition) is 6. The van der Waals surface area contributed by atoms with Crippen LogP contribution in [-0.4, -0.2) is 68.2 Å². The van der Waals surface area contributed by atoms with Crippen LogP contribution in [0.1, 0.15) is 26.2 Å². The molecular formula is C14H29N5O4. The van der Waals surface area contributed by atoms with Gasteiger partial charge >= 0.3 is 5.97 Å². The topological polar surface area (TPSA) is 146 Å². The van der Waals surface area contributed by atoms with E-state index in [2.05, 4.69) is 21.3 Å². The Hall–Kier alpha value is -1.71. The average Bonchev–Trinajstić information content (AvgIpc) is 2.51. The van der Waals surface area contributed by atoms with Crippen molar-refractivity contribution in [3.05, 3.63) is 0 Å². The highest BCUT2D eigenvalue weighted by molar-refractivity contribution is 5.82. The summed E-state index contributed by atoms with van der Waals surface area (Å²) in [6, 6.07) is -0.935. The zero-order valence-electron chi connectivity index (χ0n) is 13.9. The number of carboxylic acids is 1. The minimum atomic E-state index is -0.928. The predicted octanol–water partition coefficient (Wildman–Crippen LogP) is -2.00. The predicted molar refractivity (Wildman–Crippen MR) is 86.9 cm³/mol. The summed E-state index contributed by atoms with van der Waals surface area (Å²) >= 11 is 0. The van der Waals surface area contributed by atoms with Gasteiger partial charge in [0.1, 0.15) is 0 Å². The van der Waals surface area contributed by atoms with Crippen LogP contribution in [0.2, 0.25) is 0 Å². The molecule has 0 aliphatic carbocycles. The summed E-state index contributed by atoms with van der Waals surface area (Å²) in [7, 11) is 1.66. The van der Waals surface area contributed by atoms with Gasteiger partial charge in [0.25, 0.3) is 0 Å². The Labute approximate surface area is 136 Å². The van der Waals surface area contributed by atoms with E-state index in [1.807, 2.05) is 6.92 Å². The molecule has 0 bridgehead atoms. The van der Waals surface area contributed by atoms with Crippen LogP contribution in [-0.2, 0) is 14.4 Å². The first-order valence-corrected chi connectivity index (χ1v) is 7.84. The molecule has 0 unspecified atom stereocenters. The van der Waals surface area contributed by atoms with Crippen molar-refractivity contribution in [2.45, 2.75) is 38.3 Å². The van der Waals surface area contributed by atoms with Crippen LogP contribution in [0.15, 0.2) is 0 Å². The van der Waals surface area contributed by atoms with Gasteiger partial charge in [0.05, 0.1) is 12.1 Å². The fraction of sp³-hybridized carbons (Fsp3) is 0.786. The molecule has 2 amide bonds. The molecule has 0 aromatic heterocycles. The lowest BCUT2D eigenvalue weighted by molar-refractivity contribution is -0.137. The molecule has 0 saturated heterocycles. The maximum Gasteiger partial charge on any atom is 0.303 e. The van der Waals surface area contributed by atoms with Gasteiger partial charge in [0.2, 0.25) is 11.8 Å². The molecule has 0 aliphatic rings. The third-order valence-corrected chi connectivity index (χ3v) is 3.27. The molecule has 0 aromatic rings. The SMILES string of the molecule is CCN[C@@H](CCC(=O)O)C(=O)NCCCNC(=O)[C@H](CN)NC. The van der Waals surface area contributed by atoms with Crippen molar-refractivity contribution in [2.75, 3.05) is 33.2 Å². The Morgan fingerprint density at radius 3 is 2.09 bits per heavy atom. The van der Waals surface area contributed by atoms with E-state index < -0.39 is 18.1 Å². The van der Waals surface area contributed by atoms with Crippen molar-refractivity contribution in [3.63, 3.8) is 0 Å². The summed E-state index contributed by atoms with van der Waals surface area (Å²) in [6.45, 7) is 3.48. The maximum absolute atomic E-state index is 12.0. The lowest BCUT2D eigenvalue weighted by atomic mass is 10.1. The number of nitrogens with two attached hydrogens (primary N) is 1. The van der Waals surface area contributed by atoms with E-state index in [9.17, 15) is 14.4 Å². The second-order valence-corrected chi connectivity index (χ2v) is 5.06. The number of hydrogen-bond donors (Lipinski definition) is 6. The summed E-state index contributed by atoms with van der Waals surface area (Å²) in [6.07, 6.45) is 0.758. The van der Waals surface area contributed by atoms with Gasteiger partial charge in [-0.15, -0.1) is 0 Å². The number of carbonyl (C=O) groups excluding carboxylic acids is 2. The van der Waals surface area contributed by atoms with Gasteiger partial charge in [-0.1, -0.05) is 6.92 Å². The van der Waals surface area contributed by atoms with Crippen molar-refractivity contribution in [1.29, 1.82) is 0 Å². The van der Waals surface area contributed by atoms with Crippen LogP contribution in [0.4, 0.5) is 0 Å². The standard InChI is InChI=1S/C14H29N5O4/c1-3-17-10(5-6-12(20)21)13(22)18-7-4-8-19-14(23)11(9-15)16-2/h10-11,16-17H,3-9,15H2,1-2H3,(H,18,22)(H,19,23)(H,20,21)/t10-,11-/m0/s1. The summed E-state index contributed by atoms with van der Waals surface area (Å²) in [5.41, 5.74) is 5.44. The molecule has 0 heterocycles. The minimum absolute atomic E-state index is 0.0639. The number of amides is 2. The zero-order valence-corrected chi connectivity index (χ0v) is 13.9. The summed E-state index contributed by atoms with van der Waals surface area (Å²) in [5.74, 6) is -1.33. The first-order valence-electron chi connectivity index (χ1n) is 7.84. The van der Waals surface area contributed by atoms with Crippen LogP contribution < -0.4 is 27.0 Å². The van der Waals surface area contributed by atoms with Crippen LogP contribution in [0.3, 0.4) is 0 Å². The monoisotopic (exact) mass is 331 g/mol. The average molecular weight is 331 g/mol. The fourth-order valence-corrected chi connectivity index (χ4v) is 1.95. The van der Waals surface area contributed by atoms with Gasteiger partial charge in [-0.25, -0.2) is 0 Å². The van der Waals surface area contributed by atoms with E-state index in [0.717, 1.165) is 0 Å². The number of aliphatic carboxylic acids is 1. The van der Waals surface area contributed by atoms with Gasteiger partial charge in [-0.3, -0.25) is 14.4 Å². The molecular weight excluding hydrogens is 302 g/mol. The highest BCUT2D eigenvalue weighted by atomic mass is 16.4. The lowest BCUT2D eigenvalue weighted by Crippen LogP contribution is -2.48. The highest BCUT2D eigenvalue weighted by Gasteiger charge is 2.18. The van der Waals surface area contributed by atoms with Gasteiger partial charge in [-0.2, -0.15) is 0 Å². The molecule has 2 atom stereocenters. The molecule has 0 aliphatic heterocycles. The van der Waals surface area contributed by atoms with Gasteiger partial charge in [0, 0.05) is 26.1 Å². The minimum Gasteiger partial charge on any atom is -0.481 e. The quantitative estimate of drug-likeness (QED) is 0.214. The van der Waals surface area contributed by atoms with Crippen molar-refractivity contribution in [2.24, 2.45) is 5.73 Å². The number of nitrogens with one attached hydrogen (secondary N) is 4. The van der Waals surface area contributed by atoms with E-state index in [-0.39, 0.29) is 31.2 Å². The summed E-state index contributed by atoms with van der Waals surface area (Å²) < 4.78 is 0. The molecule has 0 aromatic carbocycles. The molecule has 9 nitrogen and oxygen atoms in total. The molecule has 23 heavy (non-hydrogen) atoms.